The number of nitrogens with two attached hydrogens (primary N) is 1. The van der Waals surface area contributed by atoms with Gasteiger partial charge in [-0.25, -0.2) is 4.98 Å². The summed E-state index contributed by atoms with van der Waals surface area (Å²) >= 11 is 1.57. The van der Waals surface area contributed by atoms with Crippen molar-refractivity contribution >= 4 is 17.3 Å². The molecule has 1 unspecified atom stereocenters. The topological polar surface area (TPSA) is 76.2 Å². The number of carbonyl (C=O) groups is 1. The van der Waals surface area contributed by atoms with E-state index in [1.165, 1.54) is 0 Å². The highest BCUT2D eigenvalue weighted by Crippen LogP contribution is 2.12. The molecule has 0 radical (unpaired) electrons. The van der Waals surface area contributed by atoms with Gasteiger partial charge in [0, 0.05) is 11.8 Å². The number of carboxylic acid groups (broad SMARTS) is 1. The molecule has 4 nitrogen and oxygen atoms in total. The largest absolute Gasteiger partial charge is 0.480 e. The number of hydrogen-bond donors (Lipinski definition) is 2. The maximum absolute atomic E-state index is 10.4. The second-order valence-corrected chi connectivity index (χ2v) is 4.01. The number of rotatable bonds is 5. The molecule has 0 amide bonds. The van der Waals surface area contributed by atoms with Crippen molar-refractivity contribution in [2.75, 3.05) is 0 Å². The molecule has 14 heavy (non-hydrogen) atoms. The van der Waals surface area contributed by atoms with Crippen LogP contribution in [-0.4, -0.2) is 22.1 Å². The maximum atomic E-state index is 10.4. The summed E-state index contributed by atoms with van der Waals surface area (Å²) in [5.74, 6) is -0.947. The van der Waals surface area contributed by atoms with Gasteiger partial charge < -0.3 is 10.8 Å². The Kier molecular flexibility index (Phi) is 4.03. The molecule has 1 aromatic rings. The predicted molar refractivity (Wildman–Crippen MR) is 55.4 cm³/mol. The summed E-state index contributed by atoms with van der Waals surface area (Å²) in [4.78, 5) is 14.8. The van der Waals surface area contributed by atoms with Crippen molar-refractivity contribution in [3.63, 3.8) is 0 Å². The Morgan fingerprint density at radius 1 is 1.79 bits per heavy atom. The molecule has 5 heteroatoms. The molecule has 0 aliphatic heterocycles. The van der Waals surface area contributed by atoms with E-state index in [0.29, 0.717) is 12.8 Å². The molecule has 1 rings (SSSR count). The molecule has 78 valence electrons. The Labute approximate surface area is 86.8 Å². The van der Waals surface area contributed by atoms with Crippen LogP contribution in [0.3, 0.4) is 0 Å². The summed E-state index contributed by atoms with van der Waals surface area (Å²) in [6.07, 6.45) is 2.02. The first-order chi connectivity index (χ1) is 6.63. The van der Waals surface area contributed by atoms with E-state index in [1.54, 1.807) is 11.3 Å². The molecule has 0 aromatic carbocycles. The summed E-state index contributed by atoms with van der Waals surface area (Å²) in [6.45, 7) is 2.04. The molecule has 0 bridgehead atoms. The molecule has 1 heterocycles. The minimum Gasteiger partial charge on any atom is -0.480 e. The van der Waals surface area contributed by atoms with Crippen LogP contribution in [0, 0.1) is 0 Å². The number of aryl methyl sites for hydroxylation is 2. The first-order valence-electron chi connectivity index (χ1n) is 4.55. The van der Waals surface area contributed by atoms with Gasteiger partial charge in [0.1, 0.15) is 6.04 Å². The summed E-state index contributed by atoms with van der Waals surface area (Å²) in [6, 6.07) is -0.774. The second kappa shape index (κ2) is 5.07. The zero-order valence-electron chi connectivity index (χ0n) is 8.06. The lowest BCUT2D eigenvalue weighted by Gasteiger charge is -2.02. The third-order valence-corrected chi connectivity index (χ3v) is 2.91. The van der Waals surface area contributed by atoms with Crippen LogP contribution in [0.25, 0.3) is 0 Å². The molecule has 0 saturated carbocycles. The van der Waals surface area contributed by atoms with Gasteiger partial charge in [0.25, 0.3) is 0 Å². The van der Waals surface area contributed by atoms with Crippen molar-refractivity contribution in [2.45, 2.75) is 32.2 Å². The van der Waals surface area contributed by atoms with E-state index < -0.39 is 12.0 Å². The zero-order chi connectivity index (χ0) is 10.6. The van der Waals surface area contributed by atoms with Gasteiger partial charge >= 0.3 is 5.97 Å². The normalized spacial score (nSPS) is 12.7. The third-order valence-electron chi connectivity index (χ3n) is 1.95. The molecule has 0 aliphatic rings. The van der Waals surface area contributed by atoms with Gasteiger partial charge in [-0.1, -0.05) is 6.92 Å². The molecule has 1 atom stereocenters. The Hall–Kier alpha value is -0.940. The lowest BCUT2D eigenvalue weighted by molar-refractivity contribution is -0.138. The fourth-order valence-electron chi connectivity index (χ4n) is 1.03. The standard InChI is InChI=1S/C9H14N2O2S/c1-2-6-5-14-8(11-6)4-3-7(10)9(12)13/h5,7H,2-4,10H2,1H3,(H,12,13). The highest BCUT2D eigenvalue weighted by atomic mass is 32.1. The zero-order valence-corrected chi connectivity index (χ0v) is 8.88. The molecular formula is C9H14N2O2S. The van der Waals surface area contributed by atoms with E-state index in [9.17, 15) is 4.79 Å². The van der Waals surface area contributed by atoms with Crippen molar-refractivity contribution in [2.24, 2.45) is 5.73 Å². The van der Waals surface area contributed by atoms with E-state index in [2.05, 4.69) is 4.98 Å². The van der Waals surface area contributed by atoms with Gasteiger partial charge in [-0.05, 0) is 12.8 Å². The van der Waals surface area contributed by atoms with Crippen molar-refractivity contribution in [1.82, 2.24) is 4.98 Å². The third kappa shape index (κ3) is 3.08. The maximum Gasteiger partial charge on any atom is 0.320 e. The molecule has 0 fully saturated rings. The predicted octanol–water partition coefficient (Wildman–Crippen LogP) is 1.05. The van der Waals surface area contributed by atoms with Crippen molar-refractivity contribution in [1.29, 1.82) is 0 Å². The molecule has 1 aromatic heterocycles. The SMILES string of the molecule is CCc1csc(CCC(N)C(=O)O)n1. The average Bonchev–Trinajstić information content (AvgIpc) is 2.61. The number of aromatic nitrogens is 1. The molecule has 0 saturated heterocycles. The summed E-state index contributed by atoms with van der Waals surface area (Å²) < 4.78 is 0. The number of nitrogens with zero attached hydrogens (tertiary/aromatic N) is 1. The Morgan fingerprint density at radius 3 is 3.00 bits per heavy atom. The Bertz CT molecular complexity index is 312. The van der Waals surface area contributed by atoms with Gasteiger partial charge in [0.15, 0.2) is 0 Å². The van der Waals surface area contributed by atoms with Crippen LogP contribution in [0.2, 0.25) is 0 Å². The molecule has 0 aliphatic carbocycles. The fourth-order valence-corrected chi connectivity index (χ4v) is 1.93. The van der Waals surface area contributed by atoms with Gasteiger partial charge in [0.2, 0.25) is 0 Å². The van der Waals surface area contributed by atoms with Crippen LogP contribution in [0.5, 0.6) is 0 Å². The first kappa shape index (κ1) is 11.1. The number of thiazole rings is 1. The van der Waals surface area contributed by atoms with Crippen molar-refractivity contribution in [3.05, 3.63) is 16.1 Å². The van der Waals surface area contributed by atoms with E-state index >= 15 is 0 Å². The van der Waals surface area contributed by atoms with Crippen molar-refractivity contribution in [3.8, 4) is 0 Å². The van der Waals surface area contributed by atoms with E-state index in [1.807, 2.05) is 12.3 Å². The first-order valence-corrected chi connectivity index (χ1v) is 5.43. The average molecular weight is 214 g/mol. The number of carboxylic acids is 1. The van der Waals surface area contributed by atoms with Gasteiger partial charge in [-0.2, -0.15) is 0 Å². The van der Waals surface area contributed by atoms with Gasteiger partial charge in [-0.3, -0.25) is 4.79 Å². The molecular weight excluding hydrogens is 200 g/mol. The van der Waals surface area contributed by atoms with Gasteiger partial charge in [0.05, 0.1) is 10.7 Å². The lowest BCUT2D eigenvalue weighted by Crippen LogP contribution is -2.30. The second-order valence-electron chi connectivity index (χ2n) is 3.07. The fraction of sp³-hybridized carbons (Fsp3) is 0.556. The van der Waals surface area contributed by atoms with Crippen LogP contribution >= 0.6 is 11.3 Å². The van der Waals surface area contributed by atoms with Crippen LogP contribution in [-0.2, 0) is 17.6 Å². The summed E-state index contributed by atoms with van der Waals surface area (Å²) in [5.41, 5.74) is 6.44. The number of hydrogen-bond acceptors (Lipinski definition) is 4. The van der Waals surface area contributed by atoms with E-state index in [4.69, 9.17) is 10.8 Å². The Balaban J connectivity index is 2.41. The van der Waals surface area contributed by atoms with Crippen LogP contribution in [0.1, 0.15) is 24.0 Å². The molecule has 3 N–H and O–H groups in total. The lowest BCUT2D eigenvalue weighted by atomic mass is 10.2. The van der Waals surface area contributed by atoms with Crippen molar-refractivity contribution < 1.29 is 9.90 Å². The smallest absolute Gasteiger partial charge is 0.320 e. The minimum atomic E-state index is -0.947. The molecule has 0 spiro atoms. The van der Waals surface area contributed by atoms with E-state index in [0.717, 1.165) is 17.1 Å². The van der Waals surface area contributed by atoms with Crippen LogP contribution in [0.15, 0.2) is 5.38 Å². The van der Waals surface area contributed by atoms with Crippen LogP contribution < -0.4 is 5.73 Å². The highest BCUT2D eigenvalue weighted by Gasteiger charge is 2.12. The quantitative estimate of drug-likeness (QED) is 0.768. The van der Waals surface area contributed by atoms with E-state index in [-0.39, 0.29) is 0 Å². The van der Waals surface area contributed by atoms with Gasteiger partial charge in [-0.15, -0.1) is 11.3 Å². The Morgan fingerprint density at radius 2 is 2.50 bits per heavy atom. The minimum absolute atomic E-state index is 0.450. The summed E-state index contributed by atoms with van der Waals surface area (Å²) in [5, 5.41) is 11.5. The highest BCUT2D eigenvalue weighted by molar-refractivity contribution is 7.09. The monoisotopic (exact) mass is 214 g/mol. The number of aliphatic carboxylic acids is 1. The summed E-state index contributed by atoms with van der Waals surface area (Å²) in [7, 11) is 0. The van der Waals surface area contributed by atoms with Crippen LogP contribution in [0.4, 0.5) is 0 Å².